The number of amides is 1. The average Bonchev–Trinajstić information content (AvgIpc) is 3.00. The number of piperidine rings is 1. The number of likely N-dealkylation sites (tertiary alicyclic amines) is 1. The summed E-state index contributed by atoms with van der Waals surface area (Å²) < 4.78 is 5.33. The Hall–Kier alpha value is -0.870. The van der Waals surface area contributed by atoms with Crippen LogP contribution in [0.4, 0.5) is 0 Å². The number of morpholine rings is 1. The summed E-state index contributed by atoms with van der Waals surface area (Å²) in [6, 6.07) is 0. The third-order valence-corrected chi connectivity index (χ3v) is 6.05. The number of ether oxygens (including phenoxy) is 1. The molecular weight excluding hydrogens is 264 g/mol. The van der Waals surface area contributed by atoms with Crippen molar-refractivity contribution in [1.29, 1.82) is 0 Å². The van der Waals surface area contributed by atoms with Crippen LogP contribution in [0.25, 0.3) is 0 Å². The SMILES string of the molecule is CC1C(C)C12CCCN(C(=O)/C=C/CN1CCOCC1)C2. The molecule has 1 saturated carbocycles. The fourth-order valence-electron chi connectivity index (χ4n) is 4.18. The Labute approximate surface area is 128 Å². The largest absolute Gasteiger partial charge is 0.379 e. The maximum absolute atomic E-state index is 12.4. The minimum absolute atomic E-state index is 0.202. The summed E-state index contributed by atoms with van der Waals surface area (Å²) in [7, 11) is 0. The highest BCUT2D eigenvalue weighted by Gasteiger charge is 2.60. The van der Waals surface area contributed by atoms with Crippen LogP contribution >= 0.6 is 0 Å². The molecule has 1 aliphatic carbocycles. The van der Waals surface area contributed by atoms with Crippen LogP contribution in [0.2, 0.25) is 0 Å². The highest BCUT2D eigenvalue weighted by Crippen LogP contribution is 2.62. The summed E-state index contributed by atoms with van der Waals surface area (Å²) in [4.78, 5) is 16.8. The minimum Gasteiger partial charge on any atom is -0.379 e. The fourth-order valence-corrected chi connectivity index (χ4v) is 4.18. The van der Waals surface area contributed by atoms with Crippen LogP contribution in [-0.4, -0.2) is 61.6 Å². The number of hydrogen-bond acceptors (Lipinski definition) is 3. The van der Waals surface area contributed by atoms with Crippen molar-refractivity contribution < 1.29 is 9.53 Å². The fraction of sp³-hybridized carbons (Fsp3) is 0.824. The lowest BCUT2D eigenvalue weighted by Gasteiger charge is -2.33. The smallest absolute Gasteiger partial charge is 0.246 e. The molecule has 118 valence electrons. The first-order chi connectivity index (χ1) is 10.1. The van der Waals surface area contributed by atoms with Crippen LogP contribution in [0.3, 0.4) is 0 Å². The maximum Gasteiger partial charge on any atom is 0.246 e. The number of carbonyl (C=O) groups is 1. The molecule has 0 aromatic heterocycles. The summed E-state index contributed by atoms with van der Waals surface area (Å²) in [5.74, 6) is 1.77. The summed E-state index contributed by atoms with van der Waals surface area (Å²) in [5.41, 5.74) is 0.436. The first kappa shape index (κ1) is 15.0. The Bertz CT molecular complexity index is 407. The summed E-state index contributed by atoms with van der Waals surface area (Å²) in [5, 5.41) is 0. The van der Waals surface area contributed by atoms with Gasteiger partial charge in [0.05, 0.1) is 13.2 Å². The topological polar surface area (TPSA) is 32.8 Å². The molecular formula is C17H28N2O2. The summed E-state index contributed by atoms with van der Waals surface area (Å²) in [6.07, 6.45) is 6.27. The van der Waals surface area contributed by atoms with E-state index in [-0.39, 0.29) is 5.91 Å². The Morgan fingerprint density at radius 2 is 1.95 bits per heavy atom. The van der Waals surface area contributed by atoms with Crippen molar-refractivity contribution in [1.82, 2.24) is 9.80 Å². The molecule has 2 aliphatic heterocycles. The summed E-state index contributed by atoms with van der Waals surface area (Å²) >= 11 is 0. The van der Waals surface area contributed by atoms with Gasteiger partial charge in [-0.05, 0) is 30.1 Å². The van der Waals surface area contributed by atoms with E-state index in [0.717, 1.165) is 64.2 Å². The maximum atomic E-state index is 12.4. The second kappa shape index (κ2) is 6.09. The quantitative estimate of drug-likeness (QED) is 0.743. The van der Waals surface area contributed by atoms with Crippen LogP contribution in [-0.2, 0) is 9.53 Å². The second-order valence-corrected chi connectivity index (χ2v) is 6.99. The molecule has 4 heteroatoms. The zero-order chi connectivity index (χ0) is 14.9. The van der Waals surface area contributed by atoms with Crippen molar-refractivity contribution >= 4 is 5.91 Å². The summed E-state index contributed by atoms with van der Waals surface area (Å²) in [6.45, 7) is 11.0. The number of rotatable bonds is 3. The monoisotopic (exact) mass is 292 g/mol. The van der Waals surface area contributed by atoms with Gasteiger partial charge < -0.3 is 9.64 Å². The van der Waals surface area contributed by atoms with Crippen LogP contribution in [0.1, 0.15) is 26.7 Å². The van der Waals surface area contributed by atoms with Crippen LogP contribution in [0, 0.1) is 17.3 Å². The lowest BCUT2D eigenvalue weighted by molar-refractivity contribution is -0.128. The van der Waals surface area contributed by atoms with Gasteiger partial charge >= 0.3 is 0 Å². The molecule has 0 aromatic rings. The molecule has 4 nitrogen and oxygen atoms in total. The van der Waals surface area contributed by atoms with E-state index in [1.54, 1.807) is 6.08 Å². The number of carbonyl (C=O) groups excluding carboxylic acids is 1. The first-order valence-electron chi connectivity index (χ1n) is 8.39. The van der Waals surface area contributed by atoms with Crippen molar-refractivity contribution in [2.24, 2.45) is 17.3 Å². The molecule has 1 amide bonds. The third-order valence-electron chi connectivity index (χ3n) is 6.05. The number of nitrogens with zero attached hydrogens (tertiary/aromatic N) is 2. The third kappa shape index (κ3) is 3.02. The standard InChI is InChI=1S/C17H28N2O2/c1-14-15(2)17(14)6-4-8-19(13-17)16(20)5-3-7-18-9-11-21-12-10-18/h3,5,14-15H,4,6-13H2,1-2H3/b5-3+. The lowest BCUT2D eigenvalue weighted by Crippen LogP contribution is -2.41. The van der Waals surface area contributed by atoms with Crippen molar-refractivity contribution in [2.75, 3.05) is 45.9 Å². The molecule has 2 heterocycles. The molecule has 3 aliphatic rings. The molecule has 0 aromatic carbocycles. The van der Waals surface area contributed by atoms with Gasteiger partial charge in [-0.2, -0.15) is 0 Å². The Balaban J connectivity index is 1.48. The van der Waals surface area contributed by atoms with Crippen molar-refractivity contribution in [3.05, 3.63) is 12.2 Å². The van der Waals surface area contributed by atoms with Gasteiger partial charge in [0.25, 0.3) is 0 Å². The zero-order valence-electron chi connectivity index (χ0n) is 13.4. The molecule has 2 unspecified atom stereocenters. The normalized spacial score (nSPS) is 37.3. The number of hydrogen-bond donors (Lipinski definition) is 0. The predicted octanol–water partition coefficient (Wildman–Crippen LogP) is 1.77. The minimum atomic E-state index is 0.202. The molecule has 2 atom stereocenters. The van der Waals surface area contributed by atoms with E-state index in [4.69, 9.17) is 4.74 Å². The second-order valence-electron chi connectivity index (χ2n) is 6.99. The lowest BCUT2D eigenvalue weighted by atomic mass is 9.91. The molecule has 0 bridgehead atoms. The van der Waals surface area contributed by atoms with Gasteiger partial charge in [0.1, 0.15) is 0 Å². The highest BCUT2D eigenvalue weighted by molar-refractivity contribution is 5.87. The van der Waals surface area contributed by atoms with Gasteiger partial charge in [0.2, 0.25) is 5.91 Å². The first-order valence-corrected chi connectivity index (χ1v) is 8.39. The average molecular weight is 292 g/mol. The van der Waals surface area contributed by atoms with Crippen LogP contribution in [0.5, 0.6) is 0 Å². The van der Waals surface area contributed by atoms with Gasteiger partial charge in [-0.25, -0.2) is 0 Å². The van der Waals surface area contributed by atoms with Gasteiger partial charge in [-0.3, -0.25) is 9.69 Å². The predicted molar refractivity (Wildman–Crippen MR) is 83.0 cm³/mol. The van der Waals surface area contributed by atoms with Gasteiger partial charge in [-0.1, -0.05) is 19.9 Å². The highest BCUT2D eigenvalue weighted by atomic mass is 16.5. The van der Waals surface area contributed by atoms with Gasteiger partial charge in [-0.15, -0.1) is 0 Å². The van der Waals surface area contributed by atoms with Gasteiger partial charge in [0, 0.05) is 38.8 Å². The molecule has 3 fully saturated rings. The van der Waals surface area contributed by atoms with E-state index in [1.165, 1.54) is 6.42 Å². The molecule has 0 N–H and O–H groups in total. The zero-order valence-corrected chi connectivity index (χ0v) is 13.4. The van der Waals surface area contributed by atoms with Crippen molar-refractivity contribution in [3.63, 3.8) is 0 Å². The van der Waals surface area contributed by atoms with E-state index in [0.29, 0.717) is 5.41 Å². The van der Waals surface area contributed by atoms with Gasteiger partial charge in [0.15, 0.2) is 0 Å². The van der Waals surface area contributed by atoms with Crippen molar-refractivity contribution in [3.8, 4) is 0 Å². The van der Waals surface area contributed by atoms with E-state index >= 15 is 0 Å². The van der Waals surface area contributed by atoms with E-state index < -0.39 is 0 Å². The molecule has 0 radical (unpaired) electrons. The molecule has 21 heavy (non-hydrogen) atoms. The van der Waals surface area contributed by atoms with E-state index in [1.807, 2.05) is 6.08 Å². The molecule has 1 spiro atoms. The Morgan fingerprint density at radius 3 is 2.62 bits per heavy atom. The Kier molecular flexibility index (Phi) is 4.36. The van der Waals surface area contributed by atoms with Crippen molar-refractivity contribution in [2.45, 2.75) is 26.7 Å². The molecule has 2 saturated heterocycles. The van der Waals surface area contributed by atoms with Crippen LogP contribution in [0.15, 0.2) is 12.2 Å². The van der Waals surface area contributed by atoms with E-state index in [2.05, 4.69) is 23.6 Å². The molecule has 3 rings (SSSR count). The van der Waals surface area contributed by atoms with Crippen LogP contribution < -0.4 is 0 Å². The Morgan fingerprint density at radius 1 is 1.24 bits per heavy atom. The van der Waals surface area contributed by atoms with E-state index in [9.17, 15) is 4.79 Å².